The van der Waals surface area contributed by atoms with Crippen molar-refractivity contribution in [3.05, 3.63) is 11.1 Å². The number of ether oxygens (including phenoxy) is 1. The van der Waals surface area contributed by atoms with E-state index in [1.807, 2.05) is 0 Å². The molecule has 2 N–H and O–H groups in total. The second kappa shape index (κ2) is 5.77. The van der Waals surface area contributed by atoms with Crippen LogP contribution in [0.5, 0.6) is 0 Å². The maximum absolute atomic E-state index is 11.7. The van der Waals surface area contributed by atoms with Crippen molar-refractivity contribution in [1.29, 1.82) is 0 Å². The Kier molecular flexibility index (Phi) is 4.63. The topological polar surface area (TPSA) is 71.5 Å². The number of aromatic nitrogens is 1. The van der Waals surface area contributed by atoms with Gasteiger partial charge in [0.25, 0.3) is 5.91 Å². The number of thiazole rings is 1. The summed E-state index contributed by atoms with van der Waals surface area (Å²) in [6.45, 7) is 3.14. The fourth-order valence-electron chi connectivity index (χ4n) is 0.857. The highest BCUT2D eigenvalue weighted by Crippen LogP contribution is 2.19. The number of carbonyl (C=O) groups is 1. The lowest BCUT2D eigenvalue weighted by Gasteiger charge is -2.20. The Morgan fingerprint density at radius 1 is 1.71 bits per heavy atom. The van der Waals surface area contributed by atoms with Crippen LogP contribution in [0.1, 0.15) is 18.7 Å². The normalized spacial score (nSPS) is 10.6. The first-order valence-corrected chi connectivity index (χ1v) is 5.73. The van der Waals surface area contributed by atoms with E-state index in [0.29, 0.717) is 10.0 Å². The first-order valence-electron chi connectivity index (χ1n) is 4.92. The summed E-state index contributed by atoms with van der Waals surface area (Å²) in [6, 6.07) is 0. The zero-order valence-electron chi connectivity index (χ0n) is 9.90. The molecule has 6 heteroatoms. The van der Waals surface area contributed by atoms with E-state index in [9.17, 15) is 4.79 Å². The lowest BCUT2D eigenvalue weighted by molar-refractivity contribution is -0.133. The van der Waals surface area contributed by atoms with Crippen molar-refractivity contribution in [2.24, 2.45) is 0 Å². The molecule has 17 heavy (non-hydrogen) atoms. The molecule has 0 fully saturated rings. The van der Waals surface area contributed by atoms with Gasteiger partial charge in [-0.2, -0.15) is 0 Å². The summed E-state index contributed by atoms with van der Waals surface area (Å²) in [5, 5.41) is 11.6. The highest BCUT2D eigenvalue weighted by atomic mass is 32.1. The Hall–Kier alpha value is -1.42. The van der Waals surface area contributed by atoms with E-state index in [1.54, 1.807) is 20.0 Å². The van der Waals surface area contributed by atoms with Crippen molar-refractivity contribution in [2.75, 3.05) is 19.0 Å². The van der Waals surface area contributed by atoms with E-state index >= 15 is 0 Å². The summed E-state index contributed by atoms with van der Waals surface area (Å²) in [6.07, 6.45) is 1.54. The smallest absolute Gasteiger partial charge is 0.257 e. The highest BCUT2D eigenvalue weighted by Gasteiger charge is 2.27. The number of hydrogen-bond donors (Lipinski definition) is 2. The maximum Gasteiger partial charge on any atom is 0.257 e. The molecule has 0 bridgehead atoms. The van der Waals surface area contributed by atoms with Crippen molar-refractivity contribution in [3.63, 3.8) is 0 Å². The quantitative estimate of drug-likeness (QED) is 0.784. The molecule has 0 saturated heterocycles. The SMILES string of the molecule is COC(C)(C)C(=O)Nc1ncc(C#CCO)s1. The van der Waals surface area contributed by atoms with Crippen LogP contribution in [0.2, 0.25) is 0 Å². The number of methoxy groups -OCH3 is 1. The molecule has 92 valence electrons. The highest BCUT2D eigenvalue weighted by molar-refractivity contribution is 7.16. The van der Waals surface area contributed by atoms with Crippen LogP contribution >= 0.6 is 11.3 Å². The molecule has 1 heterocycles. The summed E-state index contributed by atoms with van der Waals surface area (Å²) in [7, 11) is 1.47. The van der Waals surface area contributed by atoms with Crippen molar-refractivity contribution < 1.29 is 14.6 Å². The van der Waals surface area contributed by atoms with Crippen LogP contribution in [0.15, 0.2) is 6.20 Å². The monoisotopic (exact) mass is 254 g/mol. The number of amides is 1. The molecule has 0 aliphatic carbocycles. The second-order valence-corrected chi connectivity index (χ2v) is 4.69. The van der Waals surface area contributed by atoms with Gasteiger partial charge < -0.3 is 9.84 Å². The zero-order chi connectivity index (χ0) is 12.9. The van der Waals surface area contributed by atoms with Crippen LogP contribution in [0.3, 0.4) is 0 Å². The van der Waals surface area contributed by atoms with Gasteiger partial charge in [0.05, 0.1) is 11.1 Å². The van der Waals surface area contributed by atoms with E-state index in [0.717, 1.165) is 0 Å². The number of rotatable bonds is 3. The minimum absolute atomic E-state index is 0.198. The third kappa shape index (κ3) is 3.82. The number of nitrogens with one attached hydrogen (secondary N) is 1. The number of nitrogens with zero attached hydrogens (tertiary/aromatic N) is 1. The van der Waals surface area contributed by atoms with Crippen LogP contribution in [0.25, 0.3) is 0 Å². The molecule has 1 aromatic heterocycles. The molecule has 5 nitrogen and oxygen atoms in total. The van der Waals surface area contributed by atoms with Crippen molar-refractivity contribution >= 4 is 22.4 Å². The number of hydrogen-bond acceptors (Lipinski definition) is 5. The molecule has 0 unspecified atom stereocenters. The van der Waals surface area contributed by atoms with Crippen LogP contribution < -0.4 is 5.32 Å². The molecule has 0 atom stereocenters. The fraction of sp³-hybridized carbons (Fsp3) is 0.455. The largest absolute Gasteiger partial charge is 0.384 e. The van der Waals surface area contributed by atoms with Gasteiger partial charge in [-0.25, -0.2) is 4.98 Å². The van der Waals surface area contributed by atoms with Gasteiger partial charge in [0.15, 0.2) is 5.13 Å². The minimum Gasteiger partial charge on any atom is -0.384 e. The molecular formula is C11H14N2O3S. The van der Waals surface area contributed by atoms with Crippen LogP contribution in [0.4, 0.5) is 5.13 Å². The fourth-order valence-corrected chi connectivity index (χ4v) is 1.54. The first kappa shape index (κ1) is 13.6. The number of aliphatic hydroxyl groups excluding tert-OH is 1. The van der Waals surface area contributed by atoms with Gasteiger partial charge in [-0.15, -0.1) is 0 Å². The average molecular weight is 254 g/mol. The summed E-state index contributed by atoms with van der Waals surface area (Å²) in [5.74, 6) is 4.96. The third-order valence-corrected chi connectivity index (χ3v) is 2.90. The van der Waals surface area contributed by atoms with Crippen molar-refractivity contribution in [2.45, 2.75) is 19.4 Å². The molecular weight excluding hydrogens is 240 g/mol. The Morgan fingerprint density at radius 3 is 3.00 bits per heavy atom. The van der Waals surface area contributed by atoms with E-state index in [2.05, 4.69) is 22.1 Å². The van der Waals surface area contributed by atoms with E-state index < -0.39 is 5.60 Å². The molecule has 0 radical (unpaired) electrons. The van der Waals surface area contributed by atoms with Gasteiger partial charge in [-0.3, -0.25) is 10.1 Å². The molecule has 0 aliphatic heterocycles. The van der Waals surface area contributed by atoms with E-state index in [1.165, 1.54) is 18.4 Å². The van der Waals surface area contributed by atoms with Crippen molar-refractivity contribution in [3.8, 4) is 11.8 Å². The molecule has 1 aromatic rings. The molecule has 1 rings (SSSR count). The molecule has 1 amide bonds. The van der Waals surface area contributed by atoms with Crippen LogP contribution in [-0.2, 0) is 9.53 Å². The lowest BCUT2D eigenvalue weighted by Crippen LogP contribution is -2.38. The van der Waals surface area contributed by atoms with Crippen LogP contribution in [-0.4, -0.2) is 35.3 Å². The van der Waals surface area contributed by atoms with E-state index in [4.69, 9.17) is 9.84 Å². The molecule has 0 spiro atoms. The summed E-state index contributed by atoms with van der Waals surface area (Å²) in [4.78, 5) is 16.4. The summed E-state index contributed by atoms with van der Waals surface area (Å²) in [5.41, 5.74) is -0.900. The second-order valence-electron chi connectivity index (χ2n) is 3.66. The number of aliphatic hydroxyl groups is 1. The van der Waals surface area contributed by atoms with Gasteiger partial charge in [-0.1, -0.05) is 23.2 Å². The third-order valence-electron chi connectivity index (χ3n) is 2.07. The van der Waals surface area contributed by atoms with Gasteiger partial charge in [0.2, 0.25) is 0 Å². The van der Waals surface area contributed by atoms with E-state index in [-0.39, 0.29) is 12.5 Å². The predicted octanol–water partition coefficient (Wildman–Crippen LogP) is 0.850. The Labute approximate surface area is 104 Å². The maximum atomic E-state index is 11.7. The standard InChI is InChI=1S/C11H14N2O3S/c1-11(2,16-3)9(15)13-10-12-7-8(17-10)5-4-6-14/h7,14H,6H2,1-3H3,(H,12,13,15). The summed E-state index contributed by atoms with van der Waals surface area (Å²) < 4.78 is 5.05. The zero-order valence-corrected chi connectivity index (χ0v) is 10.7. The van der Waals surface area contributed by atoms with Gasteiger partial charge >= 0.3 is 0 Å². The first-order chi connectivity index (χ1) is 7.99. The minimum atomic E-state index is -0.900. The van der Waals surface area contributed by atoms with Gasteiger partial charge in [-0.05, 0) is 13.8 Å². The van der Waals surface area contributed by atoms with Crippen molar-refractivity contribution in [1.82, 2.24) is 4.98 Å². The molecule has 0 aliphatic rings. The van der Waals surface area contributed by atoms with Gasteiger partial charge in [0.1, 0.15) is 12.2 Å². The lowest BCUT2D eigenvalue weighted by atomic mass is 10.1. The molecule has 0 aromatic carbocycles. The van der Waals surface area contributed by atoms with Gasteiger partial charge in [0, 0.05) is 7.11 Å². The average Bonchev–Trinajstić information content (AvgIpc) is 2.74. The Bertz CT molecular complexity index is 457. The summed E-state index contributed by atoms with van der Waals surface area (Å²) >= 11 is 1.24. The Morgan fingerprint density at radius 2 is 2.41 bits per heavy atom. The number of carbonyl (C=O) groups excluding carboxylic acids is 1. The number of anilines is 1. The Balaban J connectivity index is 2.70. The molecule has 0 saturated carbocycles. The van der Waals surface area contributed by atoms with Crippen LogP contribution in [0, 0.1) is 11.8 Å². The predicted molar refractivity (Wildman–Crippen MR) is 65.8 cm³/mol.